The second-order valence-electron chi connectivity index (χ2n) is 9.10. The normalized spacial score (nSPS) is 16.6. The standard InChI is InChI=1S/C30H29NO7/c1-4-37-25(33)17-19-5-11-22(12-6-19)31-27(20-7-13-23(32)14-8-20)26(29(35)30(31)36)28(34)21-9-15-24(16-10-21)38-18(2)3/h5-16,18,27,32,34H,4,17H2,1-3H3/b28-26+. The molecule has 0 aliphatic carbocycles. The zero-order chi connectivity index (χ0) is 27.4. The van der Waals surface area contributed by atoms with Crippen molar-refractivity contribution in [2.75, 3.05) is 11.5 Å². The van der Waals surface area contributed by atoms with E-state index in [0.29, 0.717) is 28.1 Å². The first-order valence-corrected chi connectivity index (χ1v) is 12.3. The van der Waals surface area contributed by atoms with Gasteiger partial charge in [-0.3, -0.25) is 19.3 Å². The number of phenolic OH excluding ortho intramolecular Hbond substituents is 1. The molecule has 1 heterocycles. The average molecular weight is 516 g/mol. The van der Waals surface area contributed by atoms with Crippen molar-refractivity contribution in [2.24, 2.45) is 0 Å². The van der Waals surface area contributed by atoms with Crippen LogP contribution in [-0.2, 0) is 25.5 Å². The van der Waals surface area contributed by atoms with Crippen LogP contribution in [0.25, 0.3) is 5.76 Å². The molecule has 1 atom stereocenters. The van der Waals surface area contributed by atoms with E-state index in [1.165, 1.54) is 17.0 Å². The highest BCUT2D eigenvalue weighted by Crippen LogP contribution is 2.42. The molecule has 0 saturated carbocycles. The third-order valence-corrected chi connectivity index (χ3v) is 6.02. The minimum atomic E-state index is -0.946. The number of esters is 1. The number of ketones is 1. The van der Waals surface area contributed by atoms with E-state index in [1.807, 2.05) is 13.8 Å². The number of amides is 1. The van der Waals surface area contributed by atoms with Crippen LogP contribution in [0.1, 0.15) is 43.5 Å². The number of aromatic hydroxyl groups is 1. The van der Waals surface area contributed by atoms with Crippen molar-refractivity contribution in [3.05, 3.63) is 95.1 Å². The molecule has 8 nitrogen and oxygen atoms in total. The Morgan fingerprint density at radius 1 is 0.947 bits per heavy atom. The molecule has 3 aromatic carbocycles. The highest BCUT2D eigenvalue weighted by atomic mass is 16.5. The fourth-order valence-corrected chi connectivity index (χ4v) is 4.34. The number of phenols is 1. The van der Waals surface area contributed by atoms with Crippen LogP contribution in [0.4, 0.5) is 5.69 Å². The van der Waals surface area contributed by atoms with Crippen molar-refractivity contribution < 1.29 is 34.1 Å². The molecular weight excluding hydrogens is 486 g/mol. The molecular formula is C30H29NO7. The van der Waals surface area contributed by atoms with Crippen LogP contribution in [0.3, 0.4) is 0 Å². The van der Waals surface area contributed by atoms with Crippen LogP contribution in [0.2, 0.25) is 0 Å². The number of nitrogens with zero attached hydrogens (tertiary/aromatic N) is 1. The first-order chi connectivity index (χ1) is 18.2. The van der Waals surface area contributed by atoms with Gasteiger partial charge in [-0.15, -0.1) is 0 Å². The summed E-state index contributed by atoms with van der Waals surface area (Å²) in [4.78, 5) is 39.8. The van der Waals surface area contributed by atoms with Crippen molar-refractivity contribution in [3.8, 4) is 11.5 Å². The highest BCUT2D eigenvalue weighted by molar-refractivity contribution is 6.51. The highest BCUT2D eigenvalue weighted by Gasteiger charge is 2.47. The molecule has 196 valence electrons. The van der Waals surface area contributed by atoms with E-state index in [0.717, 1.165) is 0 Å². The van der Waals surface area contributed by atoms with Gasteiger partial charge in [-0.1, -0.05) is 24.3 Å². The number of aliphatic hydroxyl groups excluding tert-OH is 1. The van der Waals surface area contributed by atoms with Crippen molar-refractivity contribution in [1.29, 1.82) is 0 Å². The zero-order valence-corrected chi connectivity index (χ0v) is 21.4. The van der Waals surface area contributed by atoms with Gasteiger partial charge < -0.3 is 19.7 Å². The Kier molecular flexibility index (Phi) is 7.81. The summed E-state index contributed by atoms with van der Waals surface area (Å²) in [5.74, 6) is -1.69. The minimum absolute atomic E-state index is 0.0229. The lowest BCUT2D eigenvalue weighted by Crippen LogP contribution is -2.29. The molecule has 1 unspecified atom stereocenters. The number of hydrogen-bond acceptors (Lipinski definition) is 7. The van der Waals surface area contributed by atoms with Crippen LogP contribution in [-0.4, -0.2) is 40.6 Å². The number of carbonyl (C=O) groups excluding carboxylic acids is 3. The summed E-state index contributed by atoms with van der Waals surface area (Å²) >= 11 is 0. The Hall–Kier alpha value is -4.59. The Labute approximate surface area is 220 Å². The Morgan fingerprint density at radius 2 is 1.58 bits per heavy atom. The summed E-state index contributed by atoms with van der Waals surface area (Å²) in [7, 11) is 0. The van der Waals surface area contributed by atoms with Crippen molar-refractivity contribution >= 4 is 29.1 Å². The first-order valence-electron chi connectivity index (χ1n) is 12.3. The maximum Gasteiger partial charge on any atom is 0.310 e. The van der Waals surface area contributed by atoms with E-state index in [9.17, 15) is 24.6 Å². The van der Waals surface area contributed by atoms with Crippen LogP contribution in [0.5, 0.6) is 11.5 Å². The van der Waals surface area contributed by atoms with E-state index >= 15 is 0 Å². The molecule has 3 aromatic rings. The SMILES string of the molecule is CCOC(=O)Cc1ccc(N2C(=O)C(=O)/C(=C(/O)c3ccc(OC(C)C)cc3)C2c2ccc(O)cc2)cc1. The maximum atomic E-state index is 13.3. The van der Waals surface area contributed by atoms with Crippen LogP contribution < -0.4 is 9.64 Å². The molecule has 1 amide bonds. The summed E-state index contributed by atoms with van der Waals surface area (Å²) in [6.07, 6.45) is 0.0446. The monoisotopic (exact) mass is 515 g/mol. The number of hydrogen-bond donors (Lipinski definition) is 2. The number of carbonyl (C=O) groups is 3. The predicted octanol–water partition coefficient (Wildman–Crippen LogP) is 4.91. The smallest absolute Gasteiger partial charge is 0.310 e. The number of rotatable bonds is 8. The topological polar surface area (TPSA) is 113 Å². The molecule has 0 aromatic heterocycles. The van der Waals surface area contributed by atoms with Gasteiger partial charge in [0.1, 0.15) is 17.3 Å². The van der Waals surface area contributed by atoms with Gasteiger partial charge in [0.2, 0.25) is 0 Å². The Morgan fingerprint density at radius 3 is 2.16 bits per heavy atom. The quantitative estimate of drug-likeness (QED) is 0.190. The summed E-state index contributed by atoms with van der Waals surface area (Å²) in [6, 6.07) is 18.4. The van der Waals surface area contributed by atoms with E-state index in [4.69, 9.17) is 9.47 Å². The Balaban J connectivity index is 1.77. The molecule has 2 N–H and O–H groups in total. The lowest BCUT2D eigenvalue weighted by Gasteiger charge is -2.25. The molecule has 0 spiro atoms. The number of ether oxygens (including phenoxy) is 2. The van der Waals surface area contributed by atoms with Crippen LogP contribution in [0.15, 0.2) is 78.4 Å². The van der Waals surface area contributed by atoms with Gasteiger partial charge in [-0.2, -0.15) is 0 Å². The predicted molar refractivity (Wildman–Crippen MR) is 142 cm³/mol. The number of anilines is 1. The molecule has 0 radical (unpaired) electrons. The number of Topliss-reactive ketones (excluding diaryl/α,β-unsaturated/α-hetero) is 1. The van der Waals surface area contributed by atoms with E-state index in [2.05, 4.69) is 0 Å². The van der Waals surface area contributed by atoms with Gasteiger partial charge in [0, 0.05) is 11.3 Å². The molecule has 1 aliphatic heterocycles. The maximum absolute atomic E-state index is 13.3. The second-order valence-corrected chi connectivity index (χ2v) is 9.10. The first kappa shape index (κ1) is 26.5. The summed E-state index contributed by atoms with van der Waals surface area (Å²) in [6.45, 7) is 5.81. The fourth-order valence-electron chi connectivity index (χ4n) is 4.34. The van der Waals surface area contributed by atoms with Gasteiger partial charge in [0.25, 0.3) is 11.7 Å². The third-order valence-electron chi connectivity index (χ3n) is 6.02. The van der Waals surface area contributed by atoms with Crippen molar-refractivity contribution in [2.45, 2.75) is 39.3 Å². The second kappa shape index (κ2) is 11.2. The van der Waals surface area contributed by atoms with Gasteiger partial charge >= 0.3 is 5.97 Å². The summed E-state index contributed by atoms with van der Waals surface area (Å²) in [5.41, 5.74) is 1.91. The molecule has 1 aliphatic rings. The van der Waals surface area contributed by atoms with Gasteiger partial charge in [0.05, 0.1) is 30.7 Å². The lowest BCUT2D eigenvalue weighted by molar-refractivity contribution is -0.142. The molecule has 0 bridgehead atoms. The summed E-state index contributed by atoms with van der Waals surface area (Å²) in [5, 5.41) is 21.1. The molecule has 38 heavy (non-hydrogen) atoms. The van der Waals surface area contributed by atoms with Crippen molar-refractivity contribution in [1.82, 2.24) is 0 Å². The van der Waals surface area contributed by atoms with E-state index < -0.39 is 17.7 Å². The zero-order valence-electron chi connectivity index (χ0n) is 21.4. The van der Waals surface area contributed by atoms with Gasteiger partial charge in [0.15, 0.2) is 0 Å². The molecule has 1 saturated heterocycles. The largest absolute Gasteiger partial charge is 0.508 e. The van der Waals surface area contributed by atoms with Crippen LogP contribution >= 0.6 is 0 Å². The van der Waals surface area contributed by atoms with E-state index in [1.54, 1.807) is 67.6 Å². The molecule has 4 rings (SSSR count). The molecule has 1 fully saturated rings. The summed E-state index contributed by atoms with van der Waals surface area (Å²) < 4.78 is 10.6. The number of benzene rings is 3. The third kappa shape index (κ3) is 5.54. The van der Waals surface area contributed by atoms with Gasteiger partial charge in [-0.05, 0) is 80.4 Å². The fraction of sp³-hybridized carbons (Fsp3) is 0.233. The number of aliphatic hydroxyl groups is 1. The minimum Gasteiger partial charge on any atom is -0.508 e. The average Bonchev–Trinajstić information content (AvgIpc) is 3.15. The van der Waals surface area contributed by atoms with Crippen LogP contribution in [0, 0.1) is 0 Å². The molecule has 8 heteroatoms. The van der Waals surface area contributed by atoms with Gasteiger partial charge in [-0.25, -0.2) is 0 Å². The van der Waals surface area contributed by atoms with Crippen molar-refractivity contribution in [3.63, 3.8) is 0 Å². The Bertz CT molecular complexity index is 1360. The van der Waals surface area contributed by atoms with E-state index in [-0.39, 0.29) is 42.2 Å². The lowest BCUT2D eigenvalue weighted by atomic mass is 9.95.